The second-order valence-corrected chi connectivity index (χ2v) is 8.92. The molecule has 1 fully saturated rings. The van der Waals surface area contributed by atoms with Crippen molar-refractivity contribution >= 4 is 23.6 Å². The number of rotatable bonds is 7. The molecule has 182 valence electrons. The minimum absolute atomic E-state index is 0.0732. The number of esters is 1. The number of piperidine rings is 1. The van der Waals surface area contributed by atoms with E-state index in [1.54, 1.807) is 41.6 Å². The first kappa shape index (κ1) is 24.6. The molecule has 0 saturated carbocycles. The zero-order valence-electron chi connectivity index (χ0n) is 19.4. The Hall–Kier alpha value is -3.53. The number of carbonyl (C=O) groups is 2. The van der Waals surface area contributed by atoms with Crippen LogP contribution < -0.4 is 4.74 Å². The van der Waals surface area contributed by atoms with E-state index in [9.17, 15) is 14.0 Å². The molecule has 0 spiro atoms. The molecule has 0 N–H and O–H groups in total. The first-order chi connectivity index (χ1) is 17.0. The van der Waals surface area contributed by atoms with Crippen LogP contribution in [0.25, 0.3) is 11.1 Å². The lowest BCUT2D eigenvalue weighted by Crippen LogP contribution is -2.39. The lowest BCUT2D eigenvalue weighted by Gasteiger charge is -2.33. The molecule has 10 heteroatoms. The summed E-state index contributed by atoms with van der Waals surface area (Å²) < 4.78 is 23.5. The first-order valence-corrected chi connectivity index (χ1v) is 12.1. The van der Waals surface area contributed by atoms with E-state index in [0.29, 0.717) is 23.8 Å². The molecule has 1 amide bonds. The van der Waals surface area contributed by atoms with Crippen LogP contribution in [0, 0.1) is 5.82 Å². The van der Waals surface area contributed by atoms with Crippen molar-refractivity contribution in [2.24, 2.45) is 0 Å². The van der Waals surface area contributed by atoms with Crippen LogP contribution in [0.15, 0.2) is 53.9 Å². The van der Waals surface area contributed by atoms with Crippen molar-refractivity contribution < 1.29 is 23.5 Å². The van der Waals surface area contributed by atoms with Crippen molar-refractivity contribution in [2.75, 3.05) is 33.1 Å². The summed E-state index contributed by atoms with van der Waals surface area (Å²) in [6.45, 7) is 1.05. The van der Waals surface area contributed by atoms with Crippen LogP contribution >= 0.6 is 11.8 Å². The van der Waals surface area contributed by atoms with Gasteiger partial charge in [0.05, 0.1) is 25.7 Å². The Morgan fingerprint density at radius 3 is 2.71 bits per heavy atom. The minimum atomic E-state index is -0.373. The molecule has 4 rings (SSSR count). The molecule has 1 aliphatic heterocycles. The Balaban J connectivity index is 1.65. The van der Waals surface area contributed by atoms with Gasteiger partial charge in [0.1, 0.15) is 11.4 Å². The summed E-state index contributed by atoms with van der Waals surface area (Å²) in [5.41, 5.74) is 2.72. The standard InChI is InChI=1S/C25H25FN4O4S/c1-33-21(31)15-35-25-28-13-20(16-7-9-18(26)10-8-16)22(29-25)17-5-4-12-30(14-17)24(32)19-6-3-11-27-23(19)34-2/h3,6-11,13,17H,4-5,12,14-15H2,1-2H3/t17-/m0/s1. The third-order valence-electron chi connectivity index (χ3n) is 5.79. The summed E-state index contributed by atoms with van der Waals surface area (Å²) in [6.07, 6.45) is 4.88. The highest BCUT2D eigenvalue weighted by molar-refractivity contribution is 7.99. The molecular weight excluding hydrogens is 471 g/mol. The van der Waals surface area contributed by atoms with Crippen LogP contribution in [0.1, 0.15) is 34.8 Å². The normalized spacial score (nSPS) is 15.5. The van der Waals surface area contributed by atoms with Gasteiger partial charge in [-0.05, 0) is 42.7 Å². The molecule has 3 aromatic rings. The van der Waals surface area contributed by atoms with Crippen molar-refractivity contribution in [1.29, 1.82) is 0 Å². The summed E-state index contributed by atoms with van der Waals surface area (Å²) in [5, 5.41) is 0.439. The van der Waals surface area contributed by atoms with E-state index >= 15 is 0 Å². The van der Waals surface area contributed by atoms with Gasteiger partial charge in [-0.1, -0.05) is 23.9 Å². The largest absolute Gasteiger partial charge is 0.480 e. The molecule has 1 aliphatic rings. The molecule has 0 bridgehead atoms. The number of carbonyl (C=O) groups excluding carboxylic acids is 2. The van der Waals surface area contributed by atoms with Gasteiger partial charge in [-0.3, -0.25) is 9.59 Å². The molecule has 0 unspecified atom stereocenters. The van der Waals surface area contributed by atoms with Crippen LogP contribution in [-0.2, 0) is 9.53 Å². The molecule has 35 heavy (non-hydrogen) atoms. The third-order valence-corrected chi connectivity index (χ3v) is 6.62. The van der Waals surface area contributed by atoms with Crippen molar-refractivity contribution in [3.63, 3.8) is 0 Å². The fraction of sp³-hybridized carbons (Fsp3) is 0.320. The molecular formula is C25H25FN4O4S. The predicted molar refractivity (Wildman–Crippen MR) is 129 cm³/mol. The number of thioether (sulfide) groups is 1. The van der Waals surface area contributed by atoms with Crippen molar-refractivity contribution in [1.82, 2.24) is 19.9 Å². The summed E-state index contributed by atoms with van der Waals surface area (Å²) in [5.74, 6) is -0.561. The molecule has 1 aromatic carbocycles. The predicted octanol–water partition coefficient (Wildman–Crippen LogP) is 3.97. The maximum absolute atomic E-state index is 13.6. The SMILES string of the molecule is COC(=O)CSc1ncc(-c2ccc(F)cc2)c([C@H]2CCCN(C(=O)c3cccnc3OC)C2)n1. The molecule has 0 aliphatic carbocycles. The van der Waals surface area contributed by atoms with Crippen molar-refractivity contribution in [3.8, 4) is 17.0 Å². The summed E-state index contributed by atoms with van der Waals surface area (Å²) in [6, 6.07) is 9.57. The van der Waals surface area contributed by atoms with Crippen molar-refractivity contribution in [2.45, 2.75) is 23.9 Å². The highest BCUT2D eigenvalue weighted by Gasteiger charge is 2.30. The number of hydrogen-bond acceptors (Lipinski definition) is 8. The fourth-order valence-corrected chi connectivity index (χ4v) is 4.72. The van der Waals surface area contributed by atoms with Gasteiger partial charge in [0, 0.05) is 37.0 Å². The number of ether oxygens (including phenoxy) is 2. The topological polar surface area (TPSA) is 94.5 Å². The van der Waals surface area contributed by atoms with Crippen LogP contribution in [0.5, 0.6) is 5.88 Å². The van der Waals surface area contributed by atoms with Crippen LogP contribution in [0.4, 0.5) is 4.39 Å². The lowest BCUT2D eigenvalue weighted by atomic mass is 9.89. The van der Waals surface area contributed by atoms with Crippen LogP contribution in [-0.4, -0.2) is 64.8 Å². The quantitative estimate of drug-likeness (QED) is 0.276. The maximum Gasteiger partial charge on any atom is 0.316 e. The zero-order valence-corrected chi connectivity index (χ0v) is 20.3. The number of nitrogens with zero attached hydrogens (tertiary/aromatic N) is 4. The van der Waals surface area contributed by atoms with E-state index in [4.69, 9.17) is 14.5 Å². The Bertz CT molecular complexity index is 1210. The number of benzene rings is 1. The molecule has 1 saturated heterocycles. The second-order valence-electron chi connectivity index (χ2n) is 7.97. The van der Waals surface area contributed by atoms with Gasteiger partial charge >= 0.3 is 5.97 Å². The number of halogens is 1. The number of amides is 1. The van der Waals surface area contributed by atoms with E-state index in [2.05, 4.69) is 9.97 Å². The van der Waals surface area contributed by atoms with E-state index in [0.717, 1.165) is 29.7 Å². The van der Waals surface area contributed by atoms with Gasteiger partial charge in [-0.15, -0.1) is 0 Å². The van der Waals surface area contributed by atoms with E-state index < -0.39 is 0 Å². The molecule has 2 aromatic heterocycles. The number of hydrogen-bond donors (Lipinski definition) is 0. The highest BCUT2D eigenvalue weighted by atomic mass is 32.2. The molecule has 1 atom stereocenters. The van der Waals surface area contributed by atoms with Gasteiger partial charge in [-0.2, -0.15) is 0 Å². The lowest BCUT2D eigenvalue weighted by molar-refractivity contribution is -0.137. The monoisotopic (exact) mass is 496 g/mol. The number of pyridine rings is 1. The van der Waals surface area contributed by atoms with E-state index in [-0.39, 0.29) is 35.2 Å². The van der Waals surface area contributed by atoms with Gasteiger partial charge < -0.3 is 14.4 Å². The van der Waals surface area contributed by atoms with Gasteiger partial charge in [-0.25, -0.2) is 19.3 Å². The molecule has 0 radical (unpaired) electrons. The van der Waals surface area contributed by atoms with Gasteiger partial charge in [0.25, 0.3) is 5.91 Å². The van der Waals surface area contributed by atoms with Gasteiger partial charge in [0.15, 0.2) is 5.16 Å². The minimum Gasteiger partial charge on any atom is -0.480 e. The summed E-state index contributed by atoms with van der Waals surface area (Å²) in [4.78, 5) is 40.0. The third kappa shape index (κ3) is 5.76. The average Bonchev–Trinajstić information content (AvgIpc) is 2.91. The smallest absolute Gasteiger partial charge is 0.316 e. The summed E-state index contributed by atoms with van der Waals surface area (Å²) in [7, 11) is 2.82. The Labute approximate surface area is 206 Å². The Morgan fingerprint density at radius 1 is 1.17 bits per heavy atom. The van der Waals surface area contributed by atoms with Gasteiger partial charge in [0.2, 0.25) is 5.88 Å². The zero-order chi connectivity index (χ0) is 24.8. The Kier molecular flexibility index (Phi) is 7.91. The van der Waals surface area contributed by atoms with Crippen molar-refractivity contribution in [3.05, 3.63) is 65.9 Å². The van der Waals surface area contributed by atoms with E-state index in [1.807, 2.05) is 0 Å². The number of aromatic nitrogens is 3. The first-order valence-electron chi connectivity index (χ1n) is 11.1. The molecule has 3 heterocycles. The van der Waals surface area contributed by atoms with Crippen LogP contribution in [0.2, 0.25) is 0 Å². The van der Waals surface area contributed by atoms with Crippen LogP contribution in [0.3, 0.4) is 0 Å². The Morgan fingerprint density at radius 2 is 1.97 bits per heavy atom. The molecule has 8 nitrogen and oxygen atoms in total. The number of methoxy groups -OCH3 is 2. The highest BCUT2D eigenvalue weighted by Crippen LogP contribution is 2.35. The second kappa shape index (κ2) is 11.3. The fourth-order valence-electron chi connectivity index (χ4n) is 4.06. The maximum atomic E-state index is 13.6. The number of likely N-dealkylation sites (tertiary alicyclic amines) is 1. The van der Waals surface area contributed by atoms with E-state index in [1.165, 1.54) is 38.1 Å². The summed E-state index contributed by atoms with van der Waals surface area (Å²) >= 11 is 1.18. The average molecular weight is 497 g/mol.